The summed E-state index contributed by atoms with van der Waals surface area (Å²) in [5, 5.41) is 26.9. The van der Waals surface area contributed by atoms with Gasteiger partial charge in [0.1, 0.15) is 43.2 Å². The number of benzene rings is 5. The normalized spacial score (nSPS) is 21.9. The van der Waals surface area contributed by atoms with Crippen molar-refractivity contribution in [2.24, 2.45) is 22.9 Å². The Morgan fingerprint density at radius 3 is 2.43 bits per heavy atom. The summed E-state index contributed by atoms with van der Waals surface area (Å²) in [6, 6.07) is 35.5. The molecule has 2 N–H and O–H groups in total. The summed E-state index contributed by atoms with van der Waals surface area (Å²) >= 11 is 0. The van der Waals surface area contributed by atoms with Crippen LogP contribution in [0.15, 0.2) is 145 Å². The molecule has 0 aromatic heterocycles. The van der Waals surface area contributed by atoms with Gasteiger partial charge in [0.2, 0.25) is 5.79 Å². The molecular weight excluding hydrogens is 876 g/mol. The zero-order chi connectivity index (χ0) is 48.0. The molecule has 6 atom stereocenters. The van der Waals surface area contributed by atoms with Gasteiger partial charge in [-0.2, -0.15) is 0 Å². The Balaban J connectivity index is 1.27. The van der Waals surface area contributed by atoms with Gasteiger partial charge in [-0.25, -0.2) is 9.18 Å². The van der Waals surface area contributed by atoms with Crippen molar-refractivity contribution in [3.05, 3.63) is 168 Å². The van der Waals surface area contributed by atoms with Crippen LogP contribution in [0.2, 0.25) is 0 Å². The average Bonchev–Trinajstić information content (AvgIpc) is 3.37. The molecule has 2 aliphatic carbocycles. The van der Waals surface area contributed by atoms with Crippen LogP contribution >= 0.6 is 0 Å². The van der Waals surface area contributed by atoms with Crippen LogP contribution in [0.25, 0.3) is 10.8 Å². The van der Waals surface area contributed by atoms with Crippen LogP contribution in [-0.4, -0.2) is 78.4 Å². The summed E-state index contributed by atoms with van der Waals surface area (Å²) in [4.78, 5) is 22.8. The Hall–Kier alpha value is -6.05. The third-order valence-electron chi connectivity index (χ3n) is 13.7. The van der Waals surface area contributed by atoms with Gasteiger partial charge < -0.3 is 38.7 Å². The maximum atomic E-state index is 15.2. The van der Waals surface area contributed by atoms with Crippen LogP contribution in [0.1, 0.15) is 80.0 Å². The van der Waals surface area contributed by atoms with E-state index in [-0.39, 0.29) is 76.2 Å². The Bertz CT molecular complexity index is 2550. The fourth-order valence-electron chi connectivity index (χ4n) is 10.6. The molecule has 1 heterocycles. The summed E-state index contributed by atoms with van der Waals surface area (Å²) in [5.41, 5.74) is 4.85. The van der Waals surface area contributed by atoms with Gasteiger partial charge in [0.15, 0.2) is 0 Å². The van der Waals surface area contributed by atoms with E-state index in [4.69, 9.17) is 33.7 Å². The molecule has 1 saturated carbocycles. The van der Waals surface area contributed by atoms with Crippen LogP contribution in [0.4, 0.5) is 9.18 Å². The molecule has 12 heteroatoms. The summed E-state index contributed by atoms with van der Waals surface area (Å²) in [5.74, 6) is -1.55. The molecule has 69 heavy (non-hydrogen) atoms. The molecule has 0 saturated heterocycles. The zero-order valence-electron chi connectivity index (χ0n) is 39.6. The lowest BCUT2D eigenvalue weighted by atomic mass is 9.55. The van der Waals surface area contributed by atoms with E-state index in [0.29, 0.717) is 48.8 Å². The van der Waals surface area contributed by atoms with Crippen LogP contribution in [-0.2, 0) is 38.8 Å². The van der Waals surface area contributed by atoms with Gasteiger partial charge in [-0.1, -0.05) is 121 Å². The number of aliphatic hydroxyl groups excluding tert-OH is 2. The van der Waals surface area contributed by atoms with Crippen molar-refractivity contribution in [3.8, 4) is 11.5 Å². The maximum Gasteiger partial charge on any atom is 0.410 e. The largest absolute Gasteiger partial charge is 0.489 e. The van der Waals surface area contributed by atoms with Gasteiger partial charge in [-0.15, -0.1) is 6.58 Å². The predicted octanol–water partition coefficient (Wildman–Crippen LogP) is 11.1. The number of hydrogen-bond acceptors (Lipinski definition) is 10. The smallest absolute Gasteiger partial charge is 0.410 e. The molecule has 0 unspecified atom stereocenters. The van der Waals surface area contributed by atoms with Crippen molar-refractivity contribution in [2.75, 3.05) is 39.6 Å². The maximum absolute atomic E-state index is 15.2. The highest BCUT2D eigenvalue weighted by molar-refractivity contribution is 6.03. The fourth-order valence-corrected chi connectivity index (χ4v) is 10.6. The first-order valence-corrected chi connectivity index (χ1v) is 24.5. The number of halogens is 1. The van der Waals surface area contributed by atoms with Crippen molar-refractivity contribution in [3.63, 3.8) is 0 Å². The highest BCUT2D eigenvalue weighted by atomic mass is 19.1. The quantitative estimate of drug-likeness (QED) is 0.0353. The number of rotatable bonds is 24. The van der Waals surface area contributed by atoms with E-state index in [9.17, 15) is 14.6 Å². The molecule has 0 radical (unpaired) electrons. The topological polar surface area (TPSA) is 129 Å². The van der Waals surface area contributed by atoms with Crippen LogP contribution in [0, 0.1) is 23.6 Å². The second-order valence-electron chi connectivity index (χ2n) is 18.0. The number of aliphatic hydroxyl groups is 2. The first-order valence-electron chi connectivity index (χ1n) is 24.5. The first kappa shape index (κ1) is 49.4. The fraction of sp³-hybridized carbons (Fsp3) is 0.404. The standard InChI is InChI=1S/C57H65FN2O9/c1-3-31-67-57-53(60(37-43-23-16-22-41-19-8-10-24-46(41)43)56(63)65-33-32-64-38-40-17-6-5-7-18-40)36-51(59-68-4-2)48-34-42(20-12-14-29-61)47(25-13-15-30-62)54(55(48)57)49-35-45(27-28-52(49)69-57)66-39-44-21-9-11-26-50(44)58/h3,5-11,16-19,21-24,26-28,34-35,42,47,53-55,61-62H,1,4,12-15,20,25,29-33,36-39H2,2H3/t42-,47+,53-,54+,55+,57+/m0/s1. The van der Waals surface area contributed by atoms with Crippen molar-refractivity contribution >= 4 is 22.6 Å². The summed E-state index contributed by atoms with van der Waals surface area (Å²) in [6.07, 6.45) is 8.05. The Morgan fingerprint density at radius 1 is 0.884 bits per heavy atom. The molecule has 3 aliphatic rings. The van der Waals surface area contributed by atoms with E-state index in [1.165, 1.54) is 6.07 Å². The molecule has 1 fully saturated rings. The lowest BCUT2D eigenvalue weighted by Gasteiger charge is -2.59. The third-order valence-corrected chi connectivity index (χ3v) is 13.7. The second-order valence-corrected chi connectivity index (χ2v) is 18.0. The molecule has 5 aromatic rings. The minimum atomic E-state index is -1.52. The van der Waals surface area contributed by atoms with Crippen LogP contribution in [0.5, 0.6) is 11.5 Å². The number of amides is 1. The molecule has 364 valence electrons. The SMILES string of the molecule is C=CCO[C@@]12Oc3ccc(OCc4ccccc4F)cc3[C@H]3[C@H](CCCCO)[C@@H](CCCCO)C=C(C(=NOCC)C[C@@H]1N(Cc1cccc4ccccc14)C(=O)OCCOCc1ccccc1)[C@H]32. The second kappa shape index (κ2) is 24.0. The molecule has 0 spiro atoms. The molecule has 0 bridgehead atoms. The van der Waals surface area contributed by atoms with Gasteiger partial charge in [0.05, 0.1) is 38.0 Å². The van der Waals surface area contributed by atoms with E-state index >= 15 is 4.79 Å². The average molecular weight is 941 g/mol. The number of unbranched alkanes of at least 4 members (excludes halogenated alkanes) is 2. The monoisotopic (exact) mass is 940 g/mol. The number of allylic oxidation sites excluding steroid dienone is 1. The minimum Gasteiger partial charge on any atom is -0.489 e. The molecule has 5 aromatic carbocycles. The number of oxime groups is 1. The van der Waals surface area contributed by atoms with Gasteiger partial charge in [-0.3, -0.25) is 4.90 Å². The van der Waals surface area contributed by atoms with Gasteiger partial charge in [-0.05, 0) is 96.2 Å². The summed E-state index contributed by atoms with van der Waals surface area (Å²) < 4.78 is 48.0. The number of hydrogen-bond donors (Lipinski definition) is 2. The molecule has 11 nitrogen and oxygen atoms in total. The Kier molecular flexibility index (Phi) is 17.2. The first-order chi connectivity index (χ1) is 33.9. The van der Waals surface area contributed by atoms with Gasteiger partial charge in [0, 0.05) is 36.7 Å². The summed E-state index contributed by atoms with van der Waals surface area (Å²) in [6.45, 7) is 7.27. The van der Waals surface area contributed by atoms with Crippen molar-refractivity contribution in [2.45, 2.75) is 89.4 Å². The Labute approximate surface area is 405 Å². The number of nitrogens with zero attached hydrogens (tertiary/aromatic N) is 2. The van der Waals surface area contributed by atoms with Gasteiger partial charge >= 0.3 is 6.09 Å². The van der Waals surface area contributed by atoms with E-state index in [2.05, 4.69) is 30.9 Å². The summed E-state index contributed by atoms with van der Waals surface area (Å²) in [7, 11) is 0. The van der Waals surface area contributed by atoms with Crippen molar-refractivity contribution in [1.82, 2.24) is 4.90 Å². The minimum absolute atomic E-state index is 0.00381. The molecule has 1 amide bonds. The molecule has 1 aliphatic heterocycles. The van der Waals surface area contributed by atoms with E-state index in [1.807, 2.05) is 79.7 Å². The zero-order valence-corrected chi connectivity index (χ0v) is 39.6. The van der Waals surface area contributed by atoms with Crippen molar-refractivity contribution < 1.29 is 47.9 Å². The number of carbonyl (C=O) groups excluding carboxylic acids is 1. The van der Waals surface area contributed by atoms with E-state index in [1.54, 1.807) is 29.2 Å². The number of ether oxygens (including phenoxy) is 5. The lowest BCUT2D eigenvalue weighted by molar-refractivity contribution is -0.256. The lowest BCUT2D eigenvalue weighted by Crippen LogP contribution is -2.70. The van der Waals surface area contributed by atoms with Crippen LogP contribution in [0.3, 0.4) is 0 Å². The Morgan fingerprint density at radius 2 is 1.64 bits per heavy atom. The predicted molar refractivity (Wildman–Crippen MR) is 264 cm³/mol. The van der Waals surface area contributed by atoms with E-state index < -0.39 is 23.8 Å². The number of fused-ring (bicyclic) bond motifs is 3. The highest BCUT2D eigenvalue weighted by Gasteiger charge is 2.65. The highest BCUT2D eigenvalue weighted by Crippen LogP contribution is 2.62. The van der Waals surface area contributed by atoms with Gasteiger partial charge in [0.25, 0.3) is 0 Å². The molecular formula is C57H65FN2O9. The molecule has 8 rings (SSSR count). The third kappa shape index (κ3) is 11.4. The van der Waals surface area contributed by atoms with Crippen LogP contribution < -0.4 is 9.47 Å². The number of carbonyl (C=O) groups is 1. The van der Waals surface area contributed by atoms with E-state index in [0.717, 1.165) is 58.7 Å². The van der Waals surface area contributed by atoms with Crippen molar-refractivity contribution in [1.29, 1.82) is 0 Å².